The van der Waals surface area contributed by atoms with E-state index in [0.29, 0.717) is 0 Å². The molecule has 0 N–H and O–H groups in total. The van der Waals surface area contributed by atoms with Gasteiger partial charge in [-0.05, 0) is 36.1 Å². The van der Waals surface area contributed by atoms with Crippen molar-refractivity contribution in [3.63, 3.8) is 0 Å². The van der Waals surface area contributed by atoms with Crippen LogP contribution in [-0.2, 0) is 0 Å². The maximum absolute atomic E-state index is 2.26. The number of rotatable bonds is 3. The molecule has 0 bridgehead atoms. The molecule has 0 aliphatic carbocycles. The van der Waals surface area contributed by atoms with Crippen molar-refractivity contribution in [2.45, 2.75) is 0 Å². The van der Waals surface area contributed by atoms with Gasteiger partial charge in [-0.2, -0.15) is 0 Å². The highest BCUT2D eigenvalue weighted by molar-refractivity contribution is 7.95. The Balaban J connectivity index is 1.79. The van der Waals surface area contributed by atoms with Crippen molar-refractivity contribution in [3.05, 3.63) is 75.1 Å². The van der Waals surface area contributed by atoms with Crippen LogP contribution in [0.3, 0.4) is 0 Å². The average Bonchev–Trinajstić information content (AvgIpc) is 2.92. The molecule has 0 fully saturated rings. The van der Waals surface area contributed by atoms with Crippen molar-refractivity contribution in [2.75, 3.05) is 0 Å². The summed E-state index contributed by atoms with van der Waals surface area (Å²) in [6, 6.07) is 19.7. The summed E-state index contributed by atoms with van der Waals surface area (Å²) < 4.78 is 0. The van der Waals surface area contributed by atoms with Crippen LogP contribution in [0.2, 0.25) is 0 Å². The molecule has 3 heterocycles. The molecule has 0 radical (unpaired) electrons. The highest BCUT2D eigenvalue weighted by atomic mass is 32.1. The summed E-state index contributed by atoms with van der Waals surface area (Å²) >= 11 is 3.71. The van der Waals surface area contributed by atoms with E-state index in [1.807, 2.05) is 22.7 Å². The predicted octanol–water partition coefficient (Wildman–Crippen LogP) is 5.46. The van der Waals surface area contributed by atoms with Gasteiger partial charge in [-0.3, -0.25) is 0 Å². The summed E-state index contributed by atoms with van der Waals surface area (Å²) in [4.78, 5) is 2.89. The molecule has 0 amide bonds. The van der Waals surface area contributed by atoms with Crippen LogP contribution in [0.5, 0.6) is 0 Å². The molecular formula is C16H11PS2. The smallest absolute Gasteiger partial charge is 0.0360 e. The fraction of sp³-hybridized carbons (Fsp3) is 0. The van der Waals surface area contributed by atoms with Gasteiger partial charge in [-0.1, -0.05) is 42.5 Å². The first-order chi connectivity index (χ1) is 9.45. The van der Waals surface area contributed by atoms with Gasteiger partial charge in [0.25, 0.3) is 0 Å². The lowest BCUT2D eigenvalue weighted by molar-refractivity contribution is 1.78. The van der Waals surface area contributed by atoms with Crippen LogP contribution in [0, 0.1) is 0 Å². The van der Waals surface area contributed by atoms with E-state index in [9.17, 15) is 0 Å². The lowest BCUT2D eigenvalue weighted by Gasteiger charge is -2.00. The normalized spacial score (nSPS) is 14.9. The molecule has 1 aliphatic rings. The Bertz CT molecular complexity index is 665. The zero-order chi connectivity index (χ0) is 12.7. The zero-order valence-electron chi connectivity index (χ0n) is 10.1. The SMILES string of the molecule is c1ccc(P2C(c3cccs3)=C2c2cccs2)cc1. The molecule has 1 aromatic carbocycles. The maximum atomic E-state index is 2.26. The van der Waals surface area contributed by atoms with E-state index in [4.69, 9.17) is 0 Å². The molecule has 3 heteroatoms. The Morgan fingerprint density at radius 3 is 1.68 bits per heavy atom. The first-order valence-electron chi connectivity index (χ1n) is 6.12. The molecule has 0 saturated carbocycles. The van der Waals surface area contributed by atoms with Gasteiger partial charge in [0, 0.05) is 20.4 Å². The van der Waals surface area contributed by atoms with E-state index in [2.05, 4.69) is 65.4 Å². The summed E-state index contributed by atoms with van der Waals surface area (Å²) in [5.41, 5.74) is 0. The Morgan fingerprint density at radius 1 is 0.632 bits per heavy atom. The van der Waals surface area contributed by atoms with Crippen molar-refractivity contribution in [1.82, 2.24) is 0 Å². The average molecular weight is 298 g/mol. The third-order valence-electron chi connectivity index (χ3n) is 3.15. The predicted molar refractivity (Wildman–Crippen MR) is 88.4 cm³/mol. The Morgan fingerprint density at radius 2 is 1.21 bits per heavy atom. The van der Waals surface area contributed by atoms with Crippen molar-refractivity contribution in [2.24, 2.45) is 0 Å². The molecule has 0 nitrogen and oxygen atoms in total. The van der Waals surface area contributed by atoms with Crippen molar-refractivity contribution in [3.8, 4) is 0 Å². The van der Waals surface area contributed by atoms with Crippen molar-refractivity contribution < 1.29 is 0 Å². The third-order valence-corrected chi connectivity index (χ3v) is 7.64. The zero-order valence-corrected chi connectivity index (χ0v) is 12.6. The van der Waals surface area contributed by atoms with E-state index >= 15 is 0 Å². The number of thiophene rings is 2. The number of benzene rings is 1. The van der Waals surface area contributed by atoms with Crippen LogP contribution < -0.4 is 5.30 Å². The summed E-state index contributed by atoms with van der Waals surface area (Å²) in [6.07, 6.45) is 0. The number of hydrogen-bond donors (Lipinski definition) is 0. The van der Waals surface area contributed by atoms with Gasteiger partial charge in [0.1, 0.15) is 0 Å². The first-order valence-corrected chi connectivity index (χ1v) is 9.22. The highest BCUT2D eigenvalue weighted by Gasteiger charge is 2.40. The summed E-state index contributed by atoms with van der Waals surface area (Å²) in [5, 5.41) is 8.98. The Hall–Kier alpha value is -1.21. The van der Waals surface area contributed by atoms with Gasteiger partial charge in [0.2, 0.25) is 0 Å². The second-order valence-corrected chi connectivity index (χ2v) is 8.30. The standard InChI is InChI=1S/C16H11PS2/c1-2-6-12(7-3-1)17-15(13-8-4-10-18-13)16(17)14-9-5-11-19-14/h1-11H. The van der Waals surface area contributed by atoms with Crippen LogP contribution in [0.1, 0.15) is 9.75 Å². The Labute approximate surface area is 121 Å². The highest BCUT2D eigenvalue weighted by Crippen LogP contribution is 2.78. The van der Waals surface area contributed by atoms with Gasteiger partial charge in [-0.15, -0.1) is 22.7 Å². The minimum Gasteiger partial charge on any atom is -0.144 e. The van der Waals surface area contributed by atoms with E-state index < -0.39 is 0 Å². The van der Waals surface area contributed by atoms with Crippen molar-refractivity contribution >= 4 is 46.5 Å². The van der Waals surface area contributed by atoms with E-state index in [-0.39, 0.29) is 7.92 Å². The fourth-order valence-corrected chi connectivity index (χ4v) is 6.94. The van der Waals surface area contributed by atoms with Crippen LogP contribution in [0.15, 0.2) is 65.4 Å². The molecular weight excluding hydrogens is 287 g/mol. The van der Waals surface area contributed by atoms with E-state index in [0.717, 1.165) is 0 Å². The van der Waals surface area contributed by atoms with Gasteiger partial charge in [0.05, 0.1) is 0 Å². The summed E-state index contributed by atoms with van der Waals surface area (Å²) in [7, 11) is -0.219. The molecule has 0 spiro atoms. The van der Waals surface area contributed by atoms with Gasteiger partial charge in [-0.25, -0.2) is 0 Å². The lowest BCUT2D eigenvalue weighted by Crippen LogP contribution is -1.91. The molecule has 0 saturated heterocycles. The van der Waals surface area contributed by atoms with Gasteiger partial charge >= 0.3 is 0 Å². The van der Waals surface area contributed by atoms with Gasteiger partial charge in [0.15, 0.2) is 0 Å². The third kappa shape index (κ3) is 2.01. The second kappa shape index (κ2) is 4.72. The fourth-order valence-electron chi connectivity index (χ4n) is 2.28. The summed E-state index contributed by atoms with van der Waals surface area (Å²) in [5.74, 6) is 0. The minimum absolute atomic E-state index is 0.219. The van der Waals surface area contributed by atoms with E-state index in [1.54, 1.807) is 10.6 Å². The second-order valence-electron chi connectivity index (χ2n) is 4.32. The largest absolute Gasteiger partial charge is 0.144 e. The Kier molecular flexibility index (Phi) is 2.88. The maximum Gasteiger partial charge on any atom is 0.0360 e. The molecule has 19 heavy (non-hydrogen) atoms. The quantitative estimate of drug-likeness (QED) is 0.563. The topological polar surface area (TPSA) is 0 Å². The molecule has 0 atom stereocenters. The lowest BCUT2D eigenvalue weighted by atomic mass is 10.4. The van der Waals surface area contributed by atoms with Crippen LogP contribution in [-0.4, -0.2) is 0 Å². The van der Waals surface area contributed by atoms with Gasteiger partial charge < -0.3 is 0 Å². The number of hydrogen-bond acceptors (Lipinski definition) is 2. The summed E-state index contributed by atoms with van der Waals surface area (Å²) in [6.45, 7) is 0. The molecule has 1 aliphatic heterocycles. The van der Waals surface area contributed by atoms with Crippen molar-refractivity contribution in [1.29, 1.82) is 0 Å². The monoisotopic (exact) mass is 298 g/mol. The van der Waals surface area contributed by atoms with E-state index in [1.165, 1.54) is 15.1 Å². The van der Waals surface area contributed by atoms with Crippen LogP contribution >= 0.6 is 30.6 Å². The molecule has 92 valence electrons. The minimum atomic E-state index is -0.219. The molecule has 4 rings (SSSR count). The van der Waals surface area contributed by atoms with Crippen LogP contribution in [0.25, 0.3) is 10.6 Å². The molecule has 3 aromatic rings. The van der Waals surface area contributed by atoms with Crippen LogP contribution in [0.4, 0.5) is 0 Å². The molecule has 2 aromatic heterocycles. The molecule has 0 unspecified atom stereocenters. The first kappa shape index (κ1) is 11.6.